The molecule has 0 fully saturated rings. The van der Waals surface area contributed by atoms with E-state index in [-0.39, 0.29) is 22.3 Å². The summed E-state index contributed by atoms with van der Waals surface area (Å²) >= 11 is 11.6. The van der Waals surface area contributed by atoms with Gasteiger partial charge in [-0.2, -0.15) is 0 Å². The van der Waals surface area contributed by atoms with E-state index in [0.29, 0.717) is 0 Å². The van der Waals surface area contributed by atoms with Crippen molar-refractivity contribution in [2.24, 2.45) is 0 Å². The molecule has 22 heavy (non-hydrogen) atoms. The Bertz CT molecular complexity index is 684. The molecule has 0 bridgehead atoms. The van der Waals surface area contributed by atoms with Crippen LogP contribution in [0.4, 0.5) is 5.69 Å². The predicted octanol–water partition coefficient (Wildman–Crippen LogP) is 2.30. The molecule has 1 aromatic carbocycles. The van der Waals surface area contributed by atoms with Gasteiger partial charge < -0.3 is 10.1 Å². The maximum Gasteiger partial charge on any atom is 0.337 e. The molecule has 0 radical (unpaired) electrons. The molecule has 1 aromatic rings. The number of ether oxygens (including phenoxy) is 1. The van der Waals surface area contributed by atoms with E-state index in [1.807, 2.05) is 0 Å². The molecular formula is C13H15Cl2NO5S. The van der Waals surface area contributed by atoms with Gasteiger partial charge in [0.2, 0.25) is 4.75 Å². The molecule has 122 valence electrons. The molecule has 0 aromatic heterocycles. The summed E-state index contributed by atoms with van der Waals surface area (Å²) in [4.78, 5) is 24.3. The highest BCUT2D eigenvalue weighted by molar-refractivity contribution is 7.93. The Kier molecular flexibility index (Phi) is 5.83. The van der Waals surface area contributed by atoms with E-state index >= 15 is 0 Å². The minimum atomic E-state index is -4.08. The van der Waals surface area contributed by atoms with Crippen molar-refractivity contribution in [3.8, 4) is 0 Å². The number of benzene rings is 1. The van der Waals surface area contributed by atoms with Crippen molar-refractivity contribution < 1.29 is 22.7 Å². The number of nitrogens with one attached hydrogen (secondary N) is 1. The van der Waals surface area contributed by atoms with Crippen LogP contribution < -0.4 is 5.32 Å². The van der Waals surface area contributed by atoms with Crippen LogP contribution in [0.25, 0.3) is 0 Å². The van der Waals surface area contributed by atoms with Crippen molar-refractivity contribution >= 4 is 50.6 Å². The van der Waals surface area contributed by atoms with Gasteiger partial charge in [-0.25, -0.2) is 13.2 Å². The van der Waals surface area contributed by atoms with Crippen LogP contribution in [0, 0.1) is 0 Å². The van der Waals surface area contributed by atoms with Crippen molar-refractivity contribution in [2.75, 3.05) is 18.2 Å². The highest BCUT2D eigenvalue weighted by Crippen LogP contribution is 2.25. The van der Waals surface area contributed by atoms with Crippen LogP contribution >= 0.6 is 23.2 Å². The van der Waals surface area contributed by atoms with Crippen molar-refractivity contribution in [3.63, 3.8) is 0 Å². The molecule has 6 nitrogen and oxygen atoms in total. The van der Waals surface area contributed by atoms with Crippen molar-refractivity contribution in [3.05, 3.63) is 28.2 Å². The quantitative estimate of drug-likeness (QED) is 0.636. The molecule has 1 atom stereocenters. The van der Waals surface area contributed by atoms with E-state index in [2.05, 4.69) is 5.32 Å². The first-order valence-corrected chi connectivity index (χ1v) is 8.81. The topological polar surface area (TPSA) is 89.5 Å². The average molecular weight is 368 g/mol. The molecule has 1 amide bonds. The largest absolute Gasteiger partial charge is 0.464 e. The normalized spacial score (nSPS) is 14.0. The molecule has 0 saturated heterocycles. The molecule has 0 saturated carbocycles. The summed E-state index contributed by atoms with van der Waals surface area (Å²) in [5.41, 5.74) is 0.168. The van der Waals surface area contributed by atoms with Gasteiger partial charge in [-0.05, 0) is 32.0 Å². The Balaban J connectivity index is 3.21. The van der Waals surface area contributed by atoms with E-state index in [1.54, 1.807) is 0 Å². The van der Waals surface area contributed by atoms with Crippen molar-refractivity contribution in [1.82, 2.24) is 0 Å². The molecule has 1 rings (SSSR count). The van der Waals surface area contributed by atoms with Crippen LogP contribution in [-0.2, 0) is 24.2 Å². The highest BCUT2D eigenvalue weighted by atomic mass is 35.5. The smallest absolute Gasteiger partial charge is 0.337 e. The number of hydrogen-bond acceptors (Lipinski definition) is 5. The molecule has 0 aliphatic rings. The second-order valence-corrected chi connectivity index (χ2v) is 7.87. The molecular weight excluding hydrogens is 353 g/mol. The number of amides is 1. The number of hydrogen-bond donors (Lipinski definition) is 1. The zero-order valence-electron chi connectivity index (χ0n) is 12.1. The third-order valence-corrected chi connectivity index (χ3v) is 5.23. The SMILES string of the molecule is CCOC(=O)C(C)(C(=O)Nc1cc(Cl)cc(Cl)c1)S(C)(=O)=O. The molecule has 0 heterocycles. The summed E-state index contributed by atoms with van der Waals surface area (Å²) in [6.07, 6.45) is 0.786. The summed E-state index contributed by atoms with van der Waals surface area (Å²) in [6.45, 7) is 2.44. The highest BCUT2D eigenvalue weighted by Gasteiger charge is 2.52. The lowest BCUT2D eigenvalue weighted by Crippen LogP contribution is -2.53. The Morgan fingerprint density at radius 3 is 2.14 bits per heavy atom. The van der Waals surface area contributed by atoms with Gasteiger partial charge in [0.25, 0.3) is 5.91 Å². The Morgan fingerprint density at radius 2 is 1.73 bits per heavy atom. The second kappa shape index (κ2) is 6.85. The predicted molar refractivity (Wildman–Crippen MR) is 85.0 cm³/mol. The van der Waals surface area contributed by atoms with Crippen LogP contribution in [0.1, 0.15) is 13.8 Å². The van der Waals surface area contributed by atoms with Gasteiger partial charge in [-0.3, -0.25) is 4.79 Å². The number of esters is 1. The van der Waals surface area contributed by atoms with Gasteiger partial charge in [0, 0.05) is 22.0 Å². The van der Waals surface area contributed by atoms with Crippen LogP contribution in [-0.4, -0.2) is 37.9 Å². The van der Waals surface area contributed by atoms with Crippen molar-refractivity contribution in [1.29, 1.82) is 0 Å². The van der Waals surface area contributed by atoms with E-state index in [9.17, 15) is 18.0 Å². The standard InChI is InChI=1S/C13H15Cl2NO5S/c1-4-21-12(18)13(2,22(3,19)20)11(17)16-10-6-8(14)5-9(15)7-10/h5-7H,4H2,1-3H3,(H,16,17). The first-order chi connectivity index (χ1) is 10.0. The zero-order chi connectivity index (χ0) is 17.1. The van der Waals surface area contributed by atoms with Gasteiger partial charge in [-0.1, -0.05) is 23.2 Å². The van der Waals surface area contributed by atoms with Crippen LogP contribution in [0.3, 0.4) is 0 Å². The van der Waals surface area contributed by atoms with Gasteiger partial charge in [0.15, 0.2) is 9.84 Å². The fourth-order valence-electron chi connectivity index (χ4n) is 1.56. The minimum absolute atomic E-state index is 0.0553. The summed E-state index contributed by atoms with van der Waals surface area (Å²) < 4.78 is 26.2. The molecule has 9 heteroatoms. The van der Waals surface area contributed by atoms with Crippen LogP contribution in [0.5, 0.6) is 0 Å². The summed E-state index contributed by atoms with van der Waals surface area (Å²) in [7, 11) is -4.08. The van der Waals surface area contributed by atoms with Crippen molar-refractivity contribution in [2.45, 2.75) is 18.6 Å². The molecule has 1 N–H and O–H groups in total. The Morgan fingerprint density at radius 1 is 1.23 bits per heavy atom. The second-order valence-electron chi connectivity index (χ2n) is 4.64. The fraction of sp³-hybridized carbons (Fsp3) is 0.385. The van der Waals surface area contributed by atoms with E-state index in [4.69, 9.17) is 27.9 Å². The lowest BCUT2D eigenvalue weighted by atomic mass is 10.1. The first-order valence-electron chi connectivity index (χ1n) is 6.16. The number of sulfone groups is 1. The van der Waals surface area contributed by atoms with Gasteiger partial charge in [0.1, 0.15) is 0 Å². The third-order valence-electron chi connectivity index (χ3n) is 2.96. The number of carbonyl (C=O) groups is 2. The number of rotatable bonds is 5. The first kappa shape index (κ1) is 18.7. The van der Waals surface area contributed by atoms with Gasteiger partial charge in [0.05, 0.1) is 6.61 Å². The molecule has 0 spiro atoms. The summed E-state index contributed by atoms with van der Waals surface area (Å²) in [6, 6.07) is 4.19. The average Bonchev–Trinajstić information content (AvgIpc) is 2.35. The minimum Gasteiger partial charge on any atom is -0.464 e. The lowest BCUT2D eigenvalue weighted by Gasteiger charge is -2.24. The Labute approximate surface area is 138 Å². The van der Waals surface area contributed by atoms with E-state index < -0.39 is 26.5 Å². The zero-order valence-corrected chi connectivity index (χ0v) is 14.5. The van der Waals surface area contributed by atoms with Crippen LogP contribution in [0.2, 0.25) is 10.0 Å². The number of anilines is 1. The van der Waals surface area contributed by atoms with Crippen LogP contribution in [0.15, 0.2) is 18.2 Å². The van der Waals surface area contributed by atoms with Gasteiger partial charge >= 0.3 is 5.97 Å². The Hall–Kier alpha value is -1.31. The summed E-state index contributed by atoms with van der Waals surface area (Å²) in [5, 5.41) is 2.82. The molecule has 0 aliphatic carbocycles. The van der Waals surface area contributed by atoms with E-state index in [1.165, 1.54) is 25.1 Å². The van der Waals surface area contributed by atoms with Gasteiger partial charge in [-0.15, -0.1) is 0 Å². The van der Waals surface area contributed by atoms with E-state index in [0.717, 1.165) is 13.2 Å². The fourth-order valence-corrected chi connectivity index (χ4v) is 2.83. The molecule has 1 unspecified atom stereocenters. The third kappa shape index (κ3) is 3.91. The maximum atomic E-state index is 12.3. The molecule has 0 aliphatic heterocycles. The lowest BCUT2D eigenvalue weighted by molar-refractivity contribution is -0.148. The monoisotopic (exact) mass is 367 g/mol. The maximum absolute atomic E-state index is 12.3. The summed E-state index contributed by atoms with van der Waals surface area (Å²) in [5.74, 6) is -2.20. The number of halogens is 2. The number of carbonyl (C=O) groups excluding carboxylic acids is 2.